The Hall–Kier alpha value is -6.63. The Morgan fingerprint density at radius 3 is 1.64 bits per heavy atom. The highest BCUT2D eigenvalue weighted by atomic mass is 16.6. The van der Waals surface area contributed by atoms with Crippen molar-refractivity contribution in [2.24, 2.45) is 9.98 Å². The van der Waals surface area contributed by atoms with Gasteiger partial charge < -0.3 is 40.1 Å². The number of amides is 3. The molecule has 350 valence electrons. The van der Waals surface area contributed by atoms with Crippen LogP contribution in [0.15, 0.2) is 107 Å². The molecule has 0 spiro atoms. The molecule has 0 aliphatic heterocycles. The van der Waals surface area contributed by atoms with Crippen LogP contribution in [0.3, 0.4) is 0 Å². The summed E-state index contributed by atoms with van der Waals surface area (Å²) in [7, 11) is 0. The highest BCUT2D eigenvalue weighted by molar-refractivity contribution is 5.92. The quantitative estimate of drug-likeness (QED) is 0.0161. The summed E-state index contributed by atoms with van der Waals surface area (Å²) in [5.74, 6) is -2.42. The summed E-state index contributed by atoms with van der Waals surface area (Å²) in [5.41, 5.74) is 6.03. The van der Waals surface area contributed by atoms with Crippen LogP contribution >= 0.6 is 0 Å². The third-order valence-corrected chi connectivity index (χ3v) is 11.0. The third kappa shape index (κ3) is 17.7. The first-order valence-electron chi connectivity index (χ1n) is 23.3. The number of alkyl carbamates (subject to hydrolysis) is 1. The SMILES string of the molecule is CCCCNC(=O)[C@H](CCC(=O)OCCCCCN=Cc1[c-]cccc1)NC(=O)[C@H](CCC(=O)OCCCCCN=Cc1[c-]cccc1)NC(=O)OCC1c2ccccc2-c2ccccc21. The summed E-state index contributed by atoms with van der Waals surface area (Å²) in [6.45, 7) is 4.09. The van der Waals surface area contributed by atoms with Gasteiger partial charge in [0.15, 0.2) is 0 Å². The number of aliphatic imine (C=N–C) groups is 2. The van der Waals surface area contributed by atoms with Crippen LogP contribution in [0, 0.1) is 12.1 Å². The monoisotopic (exact) mass is 897 g/mol. The first kappa shape index (κ1) is 50.4. The van der Waals surface area contributed by atoms with E-state index in [0.29, 0.717) is 32.5 Å². The van der Waals surface area contributed by atoms with Crippen molar-refractivity contribution in [3.05, 3.63) is 131 Å². The number of carbonyl (C=O) groups excluding carboxylic acids is 5. The molecule has 0 saturated heterocycles. The number of carbonyl (C=O) groups is 5. The minimum Gasteiger partial charge on any atom is -0.466 e. The molecular formula is C53H63N5O8-2. The summed E-state index contributed by atoms with van der Waals surface area (Å²) in [5, 5.41) is 8.22. The van der Waals surface area contributed by atoms with Crippen molar-refractivity contribution in [1.82, 2.24) is 16.0 Å². The lowest BCUT2D eigenvalue weighted by Crippen LogP contribution is -2.54. The van der Waals surface area contributed by atoms with E-state index in [-0.39, 0.29) is 51.4 Å². The first-order chi connectivity index (χ1) is 32.3. The van der Waals surface area contributed by atoms with E-state index in [2.05, 4.69) is 38.1 Å². The minimum absolute atomic E-state index is 0.0118. The molecule has 0 heterocycles. The van der Waals surface area contributed by atoms with Crippen LogP contribution in [0.5, 0.6) is 0 Å². The number of nitrogens with one attached hydrogen (secondary N) is 3. The Morgan fingerprint density at radius 2 is 1.12 bits per heavy atom. The van der Waals surface area contributed by atoms with E-state index < -0.39 is 41.9 Å². The molecule has 13 heteroatoms. The van der Waals surface area contributed by atoms with E-state index in [0.717, 1.165) is 71.9 Å². The summed E-state index contributed by atoms with van der Waals surface area (Å²) in [6.07, 6.45) is 8.38. The molecule has 66 heavy (non-hydrogen) atoms. The predicted molar refractivity (Wildman–Crippen MR) is 255 cm³/mol. The van der Waals surface area contributed by atoms with Crippen molar-refractivity contribution in [3.8, 4) is 11.1 Å². The summed E-state index contributed by atoms with van der Waals surface area (Å²) in [6, 6.07) is 34.9. The molecule has 3 amide bonds. The predicted octanol–water partition coefficient (Wildman–Crippen LogP) is 8.12. The number of hydrogen-bond donors (Lipinski definition) is 3. The molecule has 0 aromatic heterocycles. The number of hydrogen-bond acceptors (Lipinski definition) is 10. The standard InChI is InChI=1S/C53H63N5O8/c1-2-3-34-56-51(61)47(28-30-49(59)64-35-18-6-16-32-54-37-40-20-8-4-9-21-40)57-52(62)48(29-31-50(60)65-36-19-7-17-33-55-38-41-22-10-5-11-23-41)58-53(63)66-39-46-44-26-14-12-24-42(44)43-25-13-15-27-45(43)46/h4-5,8-15,20,22,24-27,37-38,46-48H,2-3,6-7,16-19,28-36,39H2,1H3,(H,56,61)(H,57,62)(H,58,63)/q-2/t47-,48-/m0/s1. The molecule has 2 atom stereocenters. The zero-order valence-electron chi connectivity index (χ0n) is 38.0. The van der Waals surface area contributed by atoms with Crippen LogP contribution in [0.1, 0.15) is 112 Å². The van der Waals surface area contributed by atoms with E-state index in [1.807, 2.05) is 104 Å². The molecule has 4 aromatic rings. The van der Waals surface area contributed by atoms with Gasteiger partial charge in [-0.05, 0) is 80.0 Å². The maximum absolute atomic E-state index is 14.0. The molecule has 3 N–H and O–H groups in total. The Kier molecular flexibility index (Phi) is 22.1. The van der Waals surface area contributed by atoms with E-state index in [4.69, 9.17) is 14.2 Å². The molecule has 4 aromatic carbocycles. The fraction of sp³-hybridized carbons (Fsp3) is 0.415. The molecule has 0 bridgehead atoms. The van der Waals surface area contributed by atoms with E-state index in [9.17, 15) is 24.0 Å². The van der Waals surface area contributed by atoms with Crippen LogP contribution in [0.2, 0.25) is 0 Å². The number of fused-ring (bicyclic) bond motifs is 3. The summed E-state index contributed by atoms with van der Waals surface area (Å²) < 4.78 is 16.7. The number of nitrogens with zero attached hydrogens (tertiary/aromatic N) is 2. The number of ether oxygens (including phenoxy) is 3. The van der Waals surface area contributed by atoms with Crippen molar-refractivity contribution in [3.63, 3.8) is 0 Å². The van der Waals surface area contributed by atoms with Crippen molar-refractivity contribution in [2.75, 3.05) is 39.5 Å². The fourth-order valence-corrected chi connectivity index (χ4v) is 7.41. The number of benzene rings is 4. The number of unbranched alkanes of at least 4 members (excludes halogenated alkanes) is 5. The van der Waals surface area contributed by atoms with Crippen LogP contribution < -0.4 is 16.0 Å². The van der Waals surface area contributed by atoms with Crippen molar-refractivity contribution >= 4 is 42.3 Å². The smallest absolute Gasteiger partial charge is 0.407 e. The second-order valence-corrected chi connectivity index (χ2v) is 16.1. The second kappa shape index (κ2) is 29.0. The minimum atomic E-state index is -1.26. The van der Waals surface area contributed by atoms with Crippen LogP contribution in [0.4, 0.5) is 4.79 Å². The lowest BCUT2D eigenvalue weighted by molar-refractivity contribution is -0.145. The Balaban J connectivity index is 1.13. The van der Waals surface area contributed by atoms with Crippen LogP contribution in [-0.4, -0.2) is 93.8 Å². The lowest BCUT2D eigenvalue weighted by Gasteiger charge is -2.23. The lowest BCUT2D eigenvalue weighted by atomic mass is 9.98. The molecule has 1 aliphatic carbocycles. The van der Waals surface area contributed by atoms with Gasteiger partial charge in [-0.3, -0.25) is 19.2 Å². The van der Waals surface area contributed by atoms with Gasteiger partial charge in [-0.2, -0.15) is 0 Å². The highest BCUT2D eigenvalue weighted by Gasteiger charge is 2.31. The fourth-order valence-electron chi connectivity index (χ4n) is 7.41. The zero-order chi connectivity index (χ0) is 46.6. The Bertz CT molecular complexity index is 2130. The molecule has 0 saturated carbocycles. The molecule has 5 rings (SSSR count). The Morgan fingerprint density at radius 1 is 0.606 bits per heavy atom. The number of esters is 2. The summed E-state index contributed by atoms with van der Waals surface area (Å²) in [4.78, 5) is 75.4. The van der Waals surface area contributed by atoms with Gasteiger partial charge in [0, 0.05) is 38.4 Å². The van der Waals surface area contributed by atoms with E-state index in [1.165, 1.54) is 0 Å². The van der Waals surface area contributed by atoms with Crippen molar-refractivity contribution in [2.45, 2.75) is 102 Å². The topological polar surface area (TPSA) is 174 Å². The van der Waals surface area contributed by atoms with Gasteiger partial charge in [-0.15, -0.1) is 71.8 Å². The average Bonchev–Trinajstić information content (AvgIpc) is 3.66. The Labute approximate surface area is 389 Å². The zero-order valence-corrected chi connectivity index (χ0v) is 38.0. The third-order valence-electron chi connectivity index (χ3n) is 11.0. The molecule has 1 aliphatic rings. The van der Waals surface area contributed by atoms with E-state index in [1.54, 1.807) is 12.4 Å². The van der Waals surface area contributed by atoms with Gasteiger partial charge in [0.2, 0.25) is 11.8 Å². The van der Waals surface area contributed by atoms with E-state index >= 15 is 0 Å². The number of rotatable bonds is 29. The van der Waals surface area contributed by atoms with Gasteiger partial charge in [-0.1, -0.05) is 74.3 Å². The van der Waals surface area contributed by atoms with Gasteiger partial charge in [0.1, 0.15) is 18.7 Å². The highest BCUT2D eigenvalue weighted by Crippen LogP contribution is 2.44. The van der Waals surface area contributed by atoms with Gasteiger partial charge in [-0.25, -0.2) is 4.79 Å². The first-order valence-corrected chi connectivity index (χ1v) is 23.3. The van der Waals surface area contributed by atoms with Crippen molar-refractivity contribution < 1.29 is 38.2 Å². The molecule has 0 unspecified atom stereocenters. The normalized spacial score (nSPS) is 12.8. The molecule has 0 fully saturated rings. The van der Waals surface area contributed by atoms with Gasteiger partial charge in [0.05, 0.1) is 13.2 Å². The van der Waals surface area contributed by atoms with Crippen LogP contribution in [0.25, 0.3) is 11.1 Å². The maximum atomic E-state index is 14.0. The molecule has 13 nitrogen and oxygen atoms in total. The van der Waals surface area contributed by atoms with Gasteiger partial charge >= 0.3 is 18.0 Å². The van der Waals surface area contributed by atoms with Gasteiger partial charge in [0.25, 0.3) is 0 Å². The largest absolute Gasteiger partial charge is 0.466 e. The van der Waals surface area contributed by atoms with Crippen LogP contribution in [-0.2, 0) is 33.4 Å². The average molecular weight is 898 g/mol. The molecule has 0 radical (unpaired) electrons. The maximum Gasteiger partial charge on any atom is 0.407 e. The molecular weight excluding hydrogens is 835 g/mol. The van der Waals surface area contributed by atoms with Crippen molar-refractivity contribution in [1.29, 1.82) is 0 Å². The summed E-state index contributed by atoms with van der Waals surface area (Å²) >= 11 is 0. The second-order valence-electron chi connectivity index (χ2n) is 16.1.